The molecule has 1 unspecified atom stereocenters. The molecule has 1 nitrogen and oxygen atoms in total. The molecule has 2 N–H and O–H groups in total. The highest BCUT2D eigenvalue weighted by atomic mass is 35.5. The molecule has 0 heterocycles. The van der Waals surface area contributed by atoms with Gasteiger partial charge >= 0.3 is 0 Å². The van der Waals surface area contributed by atoms with Crippen LogP contribution < -0.4 is 5.73 Å². The number of hydrogen-bond acceptors (Lipinski definition) is 1. The van der Waals surface area contributed by atoms with Gasteiger partial charge in [-0.1, -0.05) is 65.7 Å². The Bertz CT molecular complexity index is 545. The molecule has 94 valence electrons. The van der Waals surface area contributed by atoms with Gasteiger partial charge in [-0.25, -0.2) is 4.39 Å². The summed E-state index contributed by atoms with van der Waals surface area (Å²) in [5, 5.41) is 0.525. The highest BCUT2D eigenvalue weighted by molar-refractivity contribution is 6.42. The van der Waals surface area contributed by atoms with E-state index < -0.39 is 5.67 Å². The number of alkyl halides is 1. The molecule has 18 heavy (non-hydrogen) atoms. The van der Waals surface area contributed by atoms with E-state index in [1.54, 1.807) is 42.5 Å². The van der Waals surface area contributed by atoms with Crippen molar-refractivity contribution < 1.29 is 4.39 Å². The summed E-state index contributed by atoms with van der Waals surface area (Å²) in [6.07, 6.45) is 0. The van der Waals surface area contributed by atoms with Gasteiger partial charge in [0.25, 0.3) is 0 Å². The molecule has 0 fully saturated rings. The Balaban J connectivity index is 2.61. The first-order chi connectivity index (χ1) is 8.59. The third-order valence-corrected chi connectivity index (χ3v) is 3.71. The van der Waals surface area contributed by atoms with Gasteiger partial charge < -0.3 is 5.73 Å². The standard InChI is InChI=1S/C14H12Cl2FN/c15-12-8-4-7-11(13(12)16)14(17,9-18)10-5-2-1-3-6-10/h1-8H,9,18H2. The van der Waals surface area contributed by atoms with E-state index in [-0.39, 0.29) is 11.6 Å². The monoisotopic (exact) mass is 283 g/mol. The second kappa shape index (κ2) is 5.27. The molecule has 2 aromatic carbocycles. The lowest BCUT2D eigenvalue weighted by Crippen LogP contribution is -2.32. The lowest BCUT2D eigenvalue weighted by atomic mass is 9.88. The second-order valence-corrected chi connectivity index (χ2v) is 4.76. The van der Waals surface area contributed by atoms with Crippen molar-refractivity contribution in [1.82, 2.24) is 0 Å². The molecule has 2 aromatic rings. The maximum atomic E-state index is 15.2. The summed E-state index contributed by atoms with van der Waals surface area (Å²) in [7, 11) is 0. The molecule has 0 radical (unpaired) electrons. The van der Waals surface area contributed by atoms with E-state index in [0.717, 1.165) is 0 Å². The fourth-order valence-electron chi connectivity index (χ4n) is 1.90. The molecular formula is C14H12Cl2FN. The third-order valence-electron chi connectivity index (χ3n) is 2.89. The van der Waals surface area contributed by atoms with E-state index >= 15 is 4.39 Å². The van der Waals surface area contributed by atoms with Crippen LogP contribution in [0.15, 0.2) is 48.5 Å². The zero-order valence-corrected chi connectivity index (χ0v) is 11.0. The van der Waals surface area contributed by atoms with Crippen molar-refractivity contribution in [3.8, 4) is 0 Å². The molecule has 0 aliphatic rings. The van der Waals surface area contributed by atoms with Crippen LogP contribution in [0.3, 0.4) is 0 Å². The minimum Gasteiger partial charge on any atom is -0.327 e. The smallest absolute Gasteiger partial charge is 0.174 e. The Hall–Kier alpha value is -1.09. The number of rotatable bonds is 3. The molecule has 0 aromatic heterocycles. The van der Waals surface area contributed by atoms with Crippen molar-refractivity contribution in [3.63, 3.8) is 0 Å². The summed E-state index contributed by atoms with van der Waals surface area (Å²) < 4.78 is 15.2. The quantitative estimate of drug-likeness (QED) is 0.899. The lowest BCUT2D eigenvalue weighted by molar-refractivity contribution is 0.233. The van der Waals surface area contributed by atoms with E-state index in [0.29, 0.717) is 16.1 Å². The molecule has 2 rings (SSSR count). The predicted octanol–water partition coefficient (Wildman–Crippen LogP) is 4.17. The highest BCUT2D eigenvalue weighted by Crippen LogP contribution is 2.39. The molecule has 0 spiro atoms. The van der Waals surface area contributed by atoms with Gasteiger partial charge in [0.2, 0.25) is 0 Å². The summed E-state index contributed by atoms with van der Waals surface area (Å²) in [6, 6.07) is 13.6. The van der Waals surface area contributed by atoms with Gasteiger partial charge in [-0.2, -0.15) is 0 Å². The summed E-state index contributed by atoms with van der Waals surface area (Å²) in [5.74, 6) is 0. The Morgan fingerprint density at radius 2 is 1.67 bits per heavy atom. The van der Waals surface area contributed by atoms with E-state index in [4.69, 9.17) is 28.9 Å². The molecule has 0 saturated heterocycles. The van der Waals surface area contributed by atoms with Crippen molar-refractivity contribution in [2.75, 3.05) is 6.54 Å². The van der Waals surface area contributed by atoms with Crippen molar-refractivity contribution in [1.29, 1.82) is 0 Å². The maximum Gasteiger partial charge on any atom is 0.174 e. The van der Waals surface area contributed by atoms with E-state index in [1.807, 2.05) is 6.07 Å². The molecule has 0 amide bonds. The van der Waals surface area contributed by atoms with Crippen LogP contribution >= 0.6 is 23.2 Å². The van der Waals surface area contributed by atoms with Gasteiger partial charge in [-0.15, -0.1) is 0 Å². The first-order valence-corrected chi connectivity index (χ1v) is 6.24. The average molecular weight is 284 g/mol. The average Bonchev–Trinajstić information content (AvgIpc) is 2.42. The number of hydrogen-bond donors (Lipinski definition) is 1. The van der Waals surface area contributed by atoms with Crippen LogP contribution in [0.4, 0.5) is 4.39 Å². The lowest BCUT2D eigenvalue weighted by Gasteiger charge is -2.26. The predicted molar refractivity (Wildman–Crippen MR) is 73.8 cm³/mol. The van der Waals surface area contributed by atoms with Crippen LogP contribution in [0, 0.1) is 0 Å². The zero-order chi connectivity index (χ0) is 13.2. The second-order valence-electron chi connectivity index (χ2n) is 3.97. The molecule has 1 atom stereocenters. The topological polar surface area (TPSA) is 26.0 Å². The fourth-order valence-corrected chi connectivity index (χ4v) is 2.35. The van der Waals surface area contributed by atoms with Crippen molar-refractivity contribution in [2.45, 2.75) is 5.67 Å². The fraction of sp³-hybridized carbons (Fsp3) is 0.143. The number of nitrogens with two attached hydrogens (primary N) is 1. The Morgan fingerprint density at radius 1 is 1.00 bits per heavy atom. The Morgan fingerprint density at radius 3 is 2.28 bits per heavy atom. The summed E-state index contributed by atoms with van der Waals surface area (Å²) in [5.41, 5.74) is 4.55. The van der Waals surface area contributed by atoms with Crippen LogP contribution in [0.25, 0.3) is 0 Å². The molecule has 0 saturated carbocycles. The summed E-state index contributed by atoms with van der Waals surface area (Å²) in [6.45, 7) is -0.197. The molecule has 0 aliphatic heterocycles. The summed E-state index contributed by atoms with van der Waals surface area (Å²) >= 11 is 12.0. The highest BCUT2D eigenvalue weighted by Gasteiger charge is 2.35. The van der Waals surface area contributed by atoms with Crippen molar-refractivity contribution in [3.05, 3.63) is 69.7 Å². The normalized spacial score (nSPS) is 14.2. The minimum absolute atomic E-state index is 0.197. The van der Waals surface area contributed by atoms with E-state index in [9.17, 15) is 0 Å². The van der Waals surface area contributed by atoms with Gasteiger partial charge in [-0.3, -0.25) is 0 Å². The molecule has 0 aliphatic carbocycles. The Kier molecular flexibility index (Phi) is 3.91. The largest absolute Gasteiger partial charge is 0.327 e. The van der Waals surface area contributed by atoms with Gasteiger partial charge in [0.15, 0.2) is 5.67 Å². The first kappa shape index (κ1) is 13.3. The van der Waals surface area contributed by atoms with Crippen LogP contribution in [-0.4, -0.2) is 6.54 Å². The van der Waals surface area contributed by atoms with Crippen LogP contribution in [-0.2, 0) is 5.67 Å². The third kappa shape index (κ3) is 2.24. The minimum atomic E-state index is -1.83. The summed E-state index contributed by atoms with van der Waals surface area (Å²) in [4.78, 5) is 0. The van der Waals surface area contributed by atoms with Crippen LogP contribution in [0.5, 0.6) is 0 Å². The van der Waals surface area contributed by atoms with Crippen LogP contribution in [0.1, 0.15) is 11.1 Å². The van der Waals surface area contributed by atoms with Gasteiger partial charge in [0, 0.05) is 12.1 Å². The molecular weight excluding hydrogens is 272 g/mol. The van der Waals surface area contributed by atoms with Gasteiger partial charge in [0.05, 0.1) is 10.0 Å². The zero-order valence-electron chi connectivity index (χ0n) is 9.54. The first-order valence-electron chi connectivity index (χ1n) is 5.48. The van der Waals surface area contributed by atoms with Crippen molar-refractivity contribution >= 4 is 23.2 Å². The molecule has 4 heteroatoms. The van der Waals surface area contributed by atoms with Crippen LogP contribution in [0.2, 0.25) is 10.0 Å². The number of halogens is 3. The molecule has 0 bridgehead atoms. The maximum absolute atomic E-state index is 15.2. The Labute approximate surface area is 115 Å². The SMILES string of the molecule is NCC(F)(c1ccccc1)c1cccc(Cl)c1Cl. The van der Waals surface area contributed by atoms with Gasteiger partial charge in [0.1, 0.15) is 0 Å². The van der Waals surface area contributed by atoms with E-state index in [2.05, 4.69) is 0 Å². The van der Waals surface area contributed by atoms with Crippen molar-refractivity contribution in [2.24, 2.45) is 5.73 Å². The van der Waals surface area contributed by atoms with E-state index in [1.165, 1.54) is 0 Å². The van der Waals surface area contributed by atoms with Gasteiger partial charge in [-0.05, 0) is 11.6 Å². The number of benzene rings is 2.